The van der Waals surface area contributed by atoms with Gasteiger partial charge < -0.3 is 30.7 Å². The van der Waals surface area contributed by atoms with Gasteiger partial charge in [-0.15, -0.1) is 0 Å². The van der Waals surface area contributed by atoms with Crippen molar-refractivity contribution in [1.82, 2.24) is 0 Å². The molecule has 0 spiro atoms. The molecule has 19 heavy (non-hydrogen) atoms. The number of aliphatic hydroxyl groups excluding tert-OH is 2. The minimum atomic E-state index is -0.868. The van der Waals surface area contributed by atoms with E-state index < -0.39 is 6.10 Å². The number of hydrogen-bond acceptors (Lipinski definition) is 6. The third kappa shape index (κ3) is 3.95. The van der Waals surface area contributed by atoms with Gasteiger partial charge in [-0.3, -0.25) is 0 Å². The molecule has 0 aromatic heterocycles. The van der Waals surface area contributed by atoms with E-state index in [4.69, 9.17) is 32.5 Å². The Labute approximate surface area is 117 Å². The number of nitrogens with two attached hydrogens (primary N) is 1. The molecular weight excluding hydrogens is 268 g/mol. The second-order valence-electron chi connectivity index (χ2n) is 3.83. The molecule has 0 heterocycles. The molecule has 1 atom stereocenters. The summed E-state index contributed by atoms with van der Waals surface area (Å²) in [6, 6.07) is 3.34. The van der Waals surface area contributed by atoms with Crippen LogP contribution in [0.15, 0.2) is 12.1 Å². The fourth-order valence-electron chi connectivity index (χ4n) is 1.52. The first-order valence-electron chi connectivity index (χ1n) is 5.62. The quantitative estimate of drug-likeness (QED) is 0.528. The Balaban J connectivity index is 3.09. The van der Waals surface area contributed by atoms with E-state index in [1.165, 1.54) is 14.2 Å². The van der Waals surface area contributed by atoms with Crippen molar-refractivity contribution in [1.29, 1.82) is 0 Å². The van der Waals surface area contributed by atoms with Crippen LogP contribution in [-0.2, 0) is 0 Å². The smallest absolute Gasteiger partial charge is 0.162 e. The van der Waals surface area contributed by atoms with Crippen LogP contribution >= 0.6 is 12.2 Å². The Kier molecular flexibility index (Phi) is 5.81. The summed E-state index contributed by atoms with van der Waals surface area (Å²) < 4.78 is 10.4. The monoisotopic (exact) mass is 286 g/mol. The maximum absolute atomic E-state index is 9.34. The predicted molar refractivity (Wildman–Crippen MR) is 77.0 cm³/mol. The summed E-state index contributed by atoms with van der Waals surface area (Å²) in [7, 11) is 3.04. The third-order valence-corrected chi connectivity index (χ3v) is 2.75. The van der Waals surface area contributed by atoms with Gasteiger partial charge in [0, 0.05) is 23.9 Å². The maximum atomic E-state index is 9.34. The second-order valence-corrected chi connectivity index (χ2v) is 4.27. The Hall–Kier alpha value is -1.57. The average Bonchev–Trinajstić information content (AvgIpc) is 2.43. The Morgan fingerprint density at radius 1 is 1.37 bits per heavy atom. The lowest BCUT2D eigenvalue weighted by Gasteiger charge is -2.17. The largest absolute Gasteiger partial charge is 0.493 e. The van der Waals surface area contributed by atoms with E-state index >= 15 is 0 Å². The second kappa shape index (κ2) is 7.13. The van der Waals surface area contributed by atoms with E-state index in [1.54, 1.807) is 12.1 Å². The van der Waals surface area contributed by atoms with Gasteiger partial charge in [0.25, 0.3) is 0 Å². The number of thiocarbonyl (C=S) groups is 1. The van der Waals surface area contributed by atoms with Crippen LogP contribution in [0, 0.1) is 0 Å². The molecule has 1 unspecified atom stereocenters. The standard InChI is InChI=1S/C12H18N2O4S/c1-17-10-3-8(12(13)19)9(4-11(10)18-2)14-5-7(16)6-15/h3-4,7,14-16H,5-6H2,1-2H3,(H2,13,19). The molecule has 0 saturated heterocycles. The highest BCUT2D eigenvalue weighted by Crippen LogP contribution is 2.33. The fraction of sp³-hybridized carbons (Fsp3) is 0.417. The topological polar surface area (TPSA) is 97.0 Å². The SMILES string of the molecule is COc1cc(NCC(O)CO)c(C(N)=S)cc1OC. The van der Waals surface area contributed by atoms with E-state index in [9.17, 15) is 5.11 Å². The molecule has 106 valence electrons. The average molecular weight is 286 g/mol. The van der Waals surface area contributed by atoms with Crippen molar-refractivity contribution in [2.75, 3.05) is 32.7 Å². The molecule has 6 nitrogen and oxygen atoms in total. The lowest BCUT2D eigenvalue weighted by molar-refractivity contribution is 0.105. The highest BCUT2D eigenvalue weighted by molar-refractivity contribution is 7.80. The van der Waals surface area contributed by atoms with Gasteiger partial charge in [0.05, 0.1) is 26.9 Å². The number of aliphatic hydroxyl groups is 2. The summed E-state index contributed by atoms with van der Waals surface area (Å²) in [5.74, 6) is 1.03. The van der Waals surface area contributed by atoms with Crippen LogP contribution in [0.5, 0.6) is 11.5 Å². The maximum Gasteiger partial charge on any atom is 0.162 e. The van der Waals surface area contributed by atoms with Gasteiger partial charge in [-0.2, -0.15) is 0 Å². The normalized spacial score (nSPS) is 11.8. The van der Waals surface area contributed by atoms with Gasteiger partial charge in [-0.1, -0.05) is 12.2 Å². The summed E-state index contributed by atoms with van der Waals surface area (Å²) in [5, 5.41) is 21.1. The zero-order chi connectivity index (χ0) is 14.4. The Morgan fingerprint density at radius 2 is 1.95 bits per heavy atom. The van der Waals surface area contributed by atoms with Crippen molar-refractivity contribution in [3.8, 4) is 11.5 Å². The molecule has 0 aliphatic rings. The molecule has 0 aliphatic heterocycles. The van der Waals surface area contributed by atoms with Crippen LogP contribution < -0.4 is 20.5 Å². The van der Waals surface area contributed by atoms with Crippen molar-refractivity contribution in [3.05, 3.63) is 17.7 Å². The van der Waals surface area contributed by atoms with E-state index in [0.717, 1.165) is 0 Å². The molecule has 0 aliphatic carbocycles. The van der Waals surface area contributed by atoms with Crippen LogP contribution in [-0.4, -0.2) is 48.7 Å². The summed E-state index contributed by atoms with van der Waals surface area (Å²) in [5.41, 5.74) is 6.84. The Bertz CT molecular complexity index is 454. The van der Waals surface area contributed by atoms with Gasteiger partial charge in [-0.05, 0) is 6.07 Å². The number of rotatable bonds is 7. The van der Waals surface area contributed by atoms with Crippen molar-refractivity contribution >= 4 is 22.9 Å². The molecule has 7 heteroatoms. The summed E-state index contributed by atoms with van der Waals surface area (Å²) in [4.78, 5) is 0.196. The van der Waals surface area contributed by atoms with Crippen LogP contribution in [0.1, 0.15) is 5.56 Å². The number of ether oxygens (including phenoxy) is 2. The molecule has 5 N–H and O–H groups in total. The summed E-state index contributed by atoms with van der Waals surface area (Å²) in [6.45, 7) is -0.162. The predicted octanol–water partition coefficient (Wildman–Crippen LogP) is 0.103. The summed E-state index contributed by atoms with van der Waals surface area (Å²) >= 11 is 4.97. The first kappa shape index (κ1) is 15.5. The third-order valence-electron chi connectivity index (χ3n) is 2.53. The van der Waals surface area contributed by atoms with Crippen molar-refractivity contribution < 1.29 is 19.7 Å². The van der Waals surface area contributed by atoms with Gasteiger partial charge in [0.2, 0.25) is 0 Å². The minimum absolute atomic E-state index is 0.168. The number of nitrogens with one attached hydrogen (secondary N) is 1. The molecule has 1 rings (SSSR count). The molecule has 0 bridgehead atoms. The zero-order valence-corrected chi connectivity index (χ0v) is 11.7. The van der Waals surface area contributed by atoms with Gasteiger partial charge >= 0.3 is 0 Å². The van der Waals surface area contributed by atoms with Crippen molar-refractivity contribution in [2.24, 2.45) is 5.73 Å². The van der Waals surface area contributed by atoms with E-state index in [2.05, 4.69) is 5.32 Å². The zero-order valence-electron chi connectivity index (χ0n) is 10.8. The first-order valence-corrected chi connectivity index (χ1v) is 6.02. The van der Waals surface area contributed by atoms with Gasteiger partial charge in [-0.25, -0.2) is 0 Å². The molecule has 1 aromatic rings. The number of hydrogen-bond donors (Lipinski definition) is 4. The molecule has 0 amide bonds. The van der Waals surface area contributed by atoms with E-state index in [0.29, 0.717) is 22.7 Å². The minimum Gasteiger partial charge on any atom is -0.493 e. The molecule has 0 radical (unpaired) electrons. The fourth-order valence-corrected chi connectivity index (χ4v) is 1.69. The van der Waals surface area contributed by atoms with Gasteiger partial charge in [0.1, 0.15) is 4.99 Å². The Morgan fingerprint density at radius 3 is 2.42 bits per heavy atom. The van der Waals surface area contributed by atoms with Gasteiger partial charge in [0.15, 0.2) is 11.5 Å². The van der Waals surface area contributed by atoms with Crippen LogP contribution in [0.3, 0.4) is 0 Å². The lowest BCUT2D eigenvalue weighted by atomic mass is 10.1. The van der Waals surface area contributed by atoms with Crippen molar-refractivity contribution in [3.63, 3.8) is 0 Å². The van der Waals surface area contributed by atoms with E-state index in [-0.39, 0.29) is 18.1 Å². The van der Waals surface area contributed by atoms with E-state index in [1.807, 2.05) is 0 Å². The van der Waals surface area contributed by atoms with Crippen LogP contribution in [0.25, 0.3) is 0 Å². The first-order chi connectivity index (χ1) is 9.03. The highest BCUT2D eigenvalue weighted by Gasteiger charge is 2.13. The molecule has 0 saturated carbocycles. The number of anilines is 1. The molecule has 1 aromatic carbocycles. The van der Waals surface area contributed by atoms with Crippen molar-refractivity contribution in [2.45, 2.75) is 6.10 Å². The number of benzene rings is 1. The lowest BCUT2D eigenvalue weighted by Crippen LogP contribution is -2.24. The molecule has 0 fully saturated rings. The van der Waals surface area contributed by atoms with Crippen LogP contribution in [0.2, 0.25) is 0 Å². The molecular formula is C12H18N2O4S. The highest BCUT2D eigenvalue weighted by atomic mass is 32.1. The number of methoxy groups -OCH3 is 2. The van der Waals surface area contributed by atoms with Crippen LogP contribution in [0.4, 0.5) is 5.69 Å². The summed E-state index contributed by atoms with van der Waals surface area (Å²) in [6.07, 6.45) is -0.868.